The first kappa shape index (κ1) is 9.05. The van der Waals surface area contributed by atoms with Crippen LogP contribution in [0.15, 0.2) is 0 Å². The first-order valence-electron chi connectivity index (χ1n) is 4.63. The molecule has 0 aromatic heterocycles. The first-order valence-corrected chi connectivity index (χ1v) is 4.63. The lowest BCUT2D eigenvalue weighted by atomic mass is 9.85. The molecule has 1 N–H and O–H groups in total. The van der Waals surface area contributed by atoms with Crippen molar-refractivity contribution in [1.29, 1.82) is 0 Å². The van der Waals surface area contributed by atoms with Gasteiger partial charge in [-0.25, -0.2) is 0 Å². The van der Waals surface area contributed by atoms with Gasteiger partial charge in [0.2, 0.25) is 0 Å². The van der Waals surface area contributed by atoms with Crippen LogP contribution in [0.5, 0.6) is 0 Å². The summed E-state index contributed by atoms with van der Waals surface area (Å²) in [5, 5.41) is 9.98. The quantitative estimate of drug-likeness (QED) is 0.651. The van der Waals surface area contributed by atoms with Crippen molar-refractivity contribution in [2.45, 2.75) is 46.6 Å². The molecule has 0 amide bonds. The molecule has 3 atom stereocenters. The predicted molar refractivity (Wildman–Crippen MR) is 47.3 cm³/mol. The zero-order chi connectivity index (χ0) is 8.86. The number of hydrogen-bond donors (Lipinski definition) is 1. The van der Waals surface area contributed by atoms with Crippen molar-refractivity contribution in [1.82, 2.24) is 0 Å². The Morgan fingerprint density at radius 1 is 1.45 bits per heavy atom. The highest BCUT2D eigenvalue weighted by atomic mass is 16.3. The largest absolute Gasteiger partial charge is 0.389 e. The minimum atomic E-state index is -0.407. The van der Waals surface area contributed by atoms with E-state index in [4.69, 9.17) is 0 Å². The zero-order valence-corrected chi connectivity index (χ0v) is 8.31. The fourth-order valence-corrected chi connectivity index (χ4v) is 3.10. The Balaban J connectivity index is 2.84. The fraction of sp³-hybridized carbons (Fsp3) is 1.00. The Bertz CT molecular complexity index is 160. The third-order valence-electron chi connectivity index (χ3n) is 4.09. The van der Waals surface area contributed by atoms with Crippen LogP contribution in [0, 0.1) is 17.3 Å². The van der Waals surface area contributed by atoms with Crippen LogP contribution in [-0.4, -0.2) is 10.7 Å². The van der Waals surface area contributed by atoms with E-state index in [1.807, 2.05) is 6.92 Å². The van der Waals surface area contributed by atoms with Crippen molar-refractivity contribution in [2.75, 3.05) is 0 Å². The molecule has 1 fully saturated rings. The summed E-state index contributed by atoms with van der Waals surface area (Å²) in [6.45, 7) is 10.7. The van der Waals surface area contributed by atoms with E-state index in [9.17, 15) is 5.11 Å². The van der Waals surface area contributed by atoms with Gasteiger partial charge in [-0.1, -0.05) is 27.7 Å². The van der Waals surface area contributed by atoms with E-state index in [-0.39, 0.29) is 5.41 Å². The average molecular weight is 156 g/mol. The molecule has 0 spiro atoms. The van der Waals surface area contributed by atoms with Gasteiger partial charge in [0.1, 0.15) is 0 Å². The van der Waals surface area contributed by atoms with Gasteiger partial charge in [-0.2, -0.15) is 0 Å². The highest BCUT2D eigenvalue weighted by Gasteiger charge is 2.70. The molecule has 3 unspecified atom stereocenters. The molecule has 1 aliphatic rings. The summed E-state index contributed by atoms with van der Waals surface area (Å²) in [5.41, 5.74) is -0.205. The zero-order valence-electron chi connectivity index (χ0n) is 8.31. The second-order valence-electron chi connectivity index (χ2n) is 4.42. The first-order chi connectivity index (χ1) is 4.91. The maximum absolute atomic E-state index is 9.98. The lowest BCUT2D eigenvalue weighted by Gasteiger charge is -2.21. The van der Waals surface area contributed by atoms with Crippen LogP contribution in [0.4, 0.5) is 0 Å². The van der Waals surface area contributed by atoms with Crippen molar-refractivity contribution in [2.24, 2.45) is 17.3 Å². The maximum atomic E-state index is 9.98. The molecule has 0 saturated heterocycles. The molecule has 0 aromatic rings. The second-order valence-corrected chi connectivity index (χ2v) is 4.42. The van der Waals surface area contributed by atoms with Gasteiger partial charge in [0.15, 0.2) is 0 Å². The molecule has 1 nitrogen and oxygen atoms in total. The van der Waals surface area contributed by atoms with Crippen molar-refractivity contribution in [3.63, 3.8) is 0 Å². The van der Waals surface area contributed by atoms with Crippen molar-refractivity contribution in [3.05, 3.63) is 0 Å². The molecular formula is C10H20O. The van der Waals surface area contributed by atoms with Gasteiger partial charge < -0.3 is 5.11 Å². The minimum Gasteiger partial charge on any atom is -0.389 e. The van der Waals surface area contributed by atoms with Crippen molar-refractivity contribution in [3.8, 4) is 0 Å². The topological polar surface area (TPSA) is 20.2 Å². The van der Waals surface area contributed by atoms with Gasteiger partial charge in [-0.3, -0.25) is 0 Å². The van der Waals surface area contributed by atoms with Crippen molar-refractivity contribution < 1.29 is 5.11 Å². The summed E-state index contributed by atoms with van der Waals surface area (Å²) in [5.74, 6) is 1.07. The molecule has 1 heteroatoms. The highest BCUT2D eigenvalue weighted by Crippen LogP contribution is 2.67. The van der Waals surface area contributed by atoms with Gasteiger partial charge in [0, 0.05) is 5.41 Å². The Labute approximate surface area is 69.8 Å². The molecule has 0 bridgehead atoms. The predicted octanol–water partition coefficient (Wildman–Crippen LogP) is 2.44. The SMILES string of the molecule is CCC1(C(C)C)C(C)C1(C)O. The van der Waals surface area contributed by atoms with Crippen LogP contribution >= 0.6 is 0 Å². The maximum Gasteiger partial charge on any atom is 0.0713 e. The highest BCUT2D eigenvalue weighted by molar-refractivity contribution is 5.19. The third kappa shape index (κ3) is 0.807. The molecule has 0 aliphatic heterocycles. The van der Waals surface area contributed by atoms with Gasteiger partial charge in [-0.15, -0.1) is 0 Å². The second kappa shape index (κ2) is 2.22. The molecule has 1 aliphatic carbocycles. The standard InChI is InChI=1S/C10H20O/c1-6-10(7(2)3)8(4)9(10,5)11/h7-8,11H,6H2,1-5H3. The van der Waals surface area contributed by atoms with Gasteiger partial charge in [-0.05, 0) is 25.2 Å². The Hall–Kier alpha value is -0.0400. The molecule has 0 radical (unpaired) electrons. The smallest absolute Gasteiger partial charge is 0.0713 e. The monoisotopic (exact) mass is 156 g/mol. The van der Waals surface area contributed by atoms with Crippen LogP contribution in [0.2, 0.25) is 0 Å². The number of hydrogen-bond acceptors (Lipinski definition) is 1. The summed E-state index contributed by atoms with van der Waals surface area (Å²) < 4.78 is 0. The van der Waals surface area contributed by atoms with E-state index in [0.717, 1.165) is 6.42 Å². The van der Waals surface area contributed by atoms with Crippen LogP contribution < -0.4 is 0 Å². The van der Waals surface area contributed by atoms with Gasteiger partial charge >= 0.3 is 0 Å². The fourth-order valence-electron chi connectivity index (χ4n) is 3.10. The lowest BCUT2D eigenvalue weighted by molar-refractivity contribution is 0.0901. The molecule has 0 aromatic carbocycles. The molecule has 1 saturated carbocycles. The van der Waals surface area contributed by atoms with Gasteiger partial charge in [0.25, 0.3) is 0 Å². The van der Waals surface area contributed by atoms with Crippen LogP contribution in [0.1, 0.15) is 41.0 Å². The van der Waals surface area contributed by atoms with Gasteiger partial charge in [0.05, 0.1) is 5.60 Å². The summed E-state index contributed by atoms with van der Waals surface area (Å²) in [4.78, 5) is 0. The number of rotatable bonds is 2. The van der Waals surface area contributed by atoms with E-state index in [0.29, 0.717) is 11.8 Å². The molecule has 0 heterocycles. The average Bonchev–Trinajstić information content (AvgIpc) is 2.30. The minimum absolute atomic E-state index is 0.201. The molecule has 66 valence electrons. The molecule has 11 heavy (non-hydrogen) atoms. The summed E-state index contributed by atoms with van der Waals surface area (Å²) in [6.07, 6.45) is 1.10. The number of aliphatic hydroxyl groups is 1. The third-order valence-corrected chi connectivity index (χ3v) is 4.09. The normalized spacial score (nSPS) is 49.9. The lowest BCUT2D eigenvalue weighted by Crippen LogP contribution is -2.21. The Morgan fingerprint density at radius 2 is 1.82 bits per heavy atom. The molecule has 1 rings (SSSR count). The van der Waals surface area contributed by atoms with Crippen LogP contribution in [0.25, 0.3) is 0 Å². The van der Waals surface area contributed by atoms with E-state index < -0.39 is 5.60 Å². The molecular weight excluding hydrogens is 136 g/mol. The summed E-state index contributed by atoms with van der Waals surface area (Å²) >= 11 is 0. The Kier molecular flexibility index (Phi) is 1.83. The summed E-state index contributed by atoms with van der Waals surface area (Å²) in [6, 6.07) is 0. The van der Waals surface area contributed by atoms with E-state index >= 15 is 0 Å². The van der Waals surface area contributed by atoms with Crippen molar-refractivity contribution >= 4 is 0 Å². The van der Waals surface area contributed by atoms with E-state index in [1.165, 1.54) is 0 Å². The van der Waals surface area contributed by atoms with E-state index in [2.05, 4.69) is 27.7 Å². The van der Waals surface area contributed by atoms with Crippen LogP contribution in [-0.2, 0) is 0 Å². The Morgan fingerprint density at radius 3 is 1.82 bits per heavy atom. The van der Waals surface area contributed by atoms with E-state index in [1.54, 1.807) is 0 Å². The summed E-state index contributed by atoms with van der Waals surface area (Å²) in [7, 11) is 0. The van der Waals surface area contributed by atoms with Crippen LogP contribution in [0.3, 0.4) is 0 Å².